The van der Waals surface area contributed by atoms with Gasteiger partial charge in [-0.15, -0.1) is 0 Å². The molecule has 0 spiro atoms. The Kier molecular flexibility index (Phi) is 8.37. The molecule has 5 rings (SSSR count). The standard InChI is InChI=1S/C32H38N4O4S/c1-32(2,3)24-12-15-26(16-13-24)41(38,39)35-25-14-17-28-27(22-25)29(23-10-5-4-6-11-23)30(34-28)40-31(37)33-18-9-21-36-19-7-8-20-36/h4-6,10-17,22,34-35H,7-9,18-21H2,1-3H3,(H,33,37). The first kappa shape index (κ1) is 28.7. The number of anilines is 1. The second-order valence-electron chi connectivity index (χ2n) is 11.6. The monoisotopic (exact) mass is 574 g/mol. The van der Waals surface area contributed by atoms with Crippen LogP contribution in [0.4, 0.5) is 10.5 Å². The lowest BCUT2D eigenvalue weighted by Gasteiger charge is -2.19. The van der Waals surface area contributed by atoms with Crippen LogP contribution in [0.1, 0.15) is 45.6 Å². The molecule has 0 aliphatic carbocycles. The number of nitrogens with one attached hydrogen (secondary N) is 3. The Labute approximate surface area is 242 Å². The third-order valence-corrected chi connectivity index (χ3v) is 8.82. The maximum atomic E-state index is 13.2. The number of hydrogen-bond acceptors (Lipinski definition) is 5. The first-order valence-electron chi connectivity index (χ1n) is 14.1. The SMILES string of the molecule is CC(C)(C)c1ccc(S(=O)(=O)Nc2ccc3[nH]c(OC(=O)NCCCN4CCCC4)c(-c4ccccc4)c3c2)cc1. The zero-order valence-electron chi connectivity index (χ0n) is 23.9. The second kappa shape index (κ2) is 12.0. The van der Waals surface area contributed by atoms with E-state index in [4.69, 9.17) is 4.74 Å². The number of aromatic nitrogens is 1. The molecular weight excluding hydrogens is 536 g/mol. The van der Waals surface area contributed by atoms with Crippen LogP contribution in [0.25, 0.3) is 22.0 Å². The number of hydrogen-bond donors (Lipinski definition) is 3. The molecule has 1 aromatic heterocycles. The van der Waals surface area contributed by atoms with E-state index in [9.17, 15) is 13.2 Å². The van der Waals surface area contributed by atoms with Gasteiger partial charge in [-0.05, 0) is 85.8 Å². The van der Waals surface area contributed by atoms with Gasteiger partial charge in [0.05, 0.1) is 10.5 Å². The highest BCUT2D eigenvalue weighted by molar-refractivity contribution is 7.92. The molecule has 1 fully saturated rings. The molecule has 0 unspecified atom stereocenters. The van der Waals surface area contributed by atoms with Gasteiger partial charge in [-0.25, -0.2) is 13.2 Å². The van der Waals surface area contributed by atoms with E-state index in [1.165, 1.54) is 12.8 Å². The average Bonchev–Trinajstić information content (AvgIpc) is 3.58. The molecule has 1 aliphatic heterocycles. The minimum atomic E-state index is -3.81. The van der Waals surface area contributed by atoms with E-state index in [1.54, 1.807) is 30.3 Å². The Balaban J connectivity index is 1.37. The molecule has 3 N–H and O–H groups in total. The third kappa shape index (κ3) is 6.92. The van der Waals surface area contributed by atoms with Crippen LogP contribution in [-0.2, 0) is 15.4 Å². The number of sulfonamides is 1. The Hall–Kier alpha value is -3.82. The Bertz CT molecular complexity index is 1600. The lowest BCUT2D eigenvalue weighted by atomic mass is 9.87. The number of H-pyrrole nitrogens is 1. The van der Waals surface area contributed by atoms with Gasteiger partial charge >= 0.3 is 6.09 Å². The maximum absolute atomic E-state index is 13.2. The Morgan fingerprint density at radius 3 is 2.37 bits per heavy atom. The summed E-state index contributed by atoms with van der Waals surface area (Å²) in [4.78, 5) is 18.5. The molecule has 1 amide bonds. The summed E-state index contributed by atoms with van der Waals surface area (Å²) < 4.78 is 34.9. The molecule has 1 saturated heterocycles. The van der Waals surface area contributed by atoms with E-state index >= 15 is 0 Å². The largest absolute Gasteiger partial charge is 0.413 e. The van der Waals surface area contributed by atoms with Gasteiger partial charge in [0.25, 0.3) is 10.0 Å². The van der Waals surface area contributed by atoms with Crippen LogP contribution >= 0.6 is 0 Å². The minimum absolute atomic E-state index is 0.0762. The molecule has 1 aliphatic rings. The number of aromatic amines is 1. The number of carbonyl (C=O) groups excluding carboxylic acids is 1. The number of benzene rings is 3. The second-order valence-corrected chi connectivity index (χ2v) is 13.2. The van der Waals surface area contributed by atoms with E-state index < -0.39 is 16.1 Å². The van der Waals surface area contributed by atoms with Crippen LogP contribution in [0, 0.1) is 0 Å². The zero-order valence-corrected chi connectivity index (χ0v) is 24.7. The molecule has 0 bridgehead atoms. The predicted octanol–water partition coefficient (Wildman–Crippen LogP) is 6.51. The molecule has 3 aromatic carbocycles. The van der Waals surface area contributed by atoms with Crippen molar-refractivity contribution in [2.75, 3.05) is 30.9 Å². The number of nitrogens with zero attached hydrogens (tertiary/aromatic N) is 1. The maximum Gasteiger partial charge on any atom is 0.413 e. The van der Waals surface area contributed by atoms with Crippen molar-refractivity contribution in [2.24, 2.45) is 0 Å². The smallest absolute Gasteiger partial charge is 0.393 e. The predicted molar refractivity (Wildman–Crippen MR) is 164 cm³/mol. The van der Waals surface area contributed by atoms with Crippen LogP contribution < -0.4 is 14.8 Å². The first-order chi connectivity index (χ1) is 19.6. The Morgan fingerprint density at radius 2 is 1.68 bits per heavy atom. The van der Waals surface area contributed by atoms with E-state index in [-0.39, 0.29) is 10.3 Å². The highest BCUT2D eigenvalue weighted by Gasteiger charge is 2.21. The van der Waals surface area contributed by atoms with Crippen LogP contribution in [0.2, 0.25) is 0 Å². The number of likely N-dealkylation sites (tertiary alicyclic amines) is 1. The van der Waals surface area contributed by atoms with Gasteiger partial charge in [0.2, 0.25) is 5.88 Å². The summed E-state index contributed by atoms with van der Waals surface area (Å²) in [6, 6.07) is 21.8. The summed E-state index contributed by atoms with van der Waals surface area (Å²) in [7, 11) is -3.81. The van der Waals surface area contributed by atoms with Gasteiger partial charge in [-0.1, -0.05) is 63.2 Å². The third-order valence-electron chi connectivity index (χ3n) is 7.42. The van der Waals surface area contributed by atoms with Gasteiger partial charge in [-0.2, -0.15) is 0 Å². The quantitative estimate of drug-likeness (QED) is 0.198. The normalized spacial score (nSPS) is 14.3. The number of fused-ring (bicyclic) bond motifs is 1. The highest BCUT2D eigenvalue weighted by atomic mass is 32.2. The van der Waals surface area contributed by atoms with E-state index in [2.05, 4.69) is 40.7 Å². The van der Waals surface area contributed by atoms with Gasteiger partial charge in [0.1, 0.15) is 0 Å². The lowest BCUT2D eigenvalue weighted by Crippen LogP contribution is -2.30. The van der Waals surface area contributed by atoms with Crippen LogP contribution in [0.5, 0.6) is 5.88 Å². The zero-order chi connectivity index (χ0) is 29.0. The van der Waals surface area contributed by atoms with Crippen LogP contribution in [-0.4, -0.2) is 50.6 Å². The summed E-state index contributed by atoms with van der Waals surface area (Å²) >= 11 is 0. The number of ether oxygens (including phenoxy) is 1. The van der Waals surface area contributed by atoms with Gasteiger partial charge in [-0.3, -0.25) is 4.72 Å². The number of rotatable bonds is 9. The van der Waals surface area contributed by atoms with Crippen molar-refractivity contribution in [2.45, 2.75) is 50.3 Å². The van der Waals surface area contributed by atoms with Crippen molar-refractivity contribution >= 4 is 32.7 Å². The minimum Gasteiger partial charge on any atom is -0.393 e. The topological polar surface area (TPSA) is 104 Å². The summed E-state index contributed by atoms with van der Waals surface area (Å²) in [5.74, 6) is 0.306. The lowest BCUT2D eigenvalue weighted by molar-refractivity contribution is 0.198. The molecule has 0 atom stereocenters. The molecule has 0 saturated carbocycles. The molecule has 0 radical (unpaired) electrons. The molecule has 4 aromatic rings. The van der Waals surface area contributed by atoms with Crippen LogP contribution in [0.3, 0.4) is 0 Å². The fraction of sp³-hybridized carbons (Fsp3) is 0.344. The molecule has 2 heterocycles. The average molecular weight is 575 g/mol. The highest BCUT2D eigenvalue weighted by Crippen LogP contribution is 2.39. The number of carbonyl (C=O) groups is 1. The van der Waals surface area contributed by atoms with Gasteiger partial charge < -0.3 is 19.9 Å². The molecule has 41 heavy (non-hydrogen) atoms. The fourth-order valence-electron chi connectivity index (χ4n) is 5.17. The van der Waals surface area contributed by atoms with Gasteiger partial charge in [0, 0.05) is 23.1 Å². The van der Waals surface area contributed by atoms with Gasteiger partial charge in [0.15, 0.2) is 0 Å². The summed E-state index contributed by atoms with van der Waals surface area (Å²) in [6.45, 7) is 10.00. The molecule has 9 heteroatoms. The summed E-state index contributed by atoms with van der Waals surface area (Å²) in [5, 5.41) is 3.59. The summed E-state index contributed by atoms with van der Waals surface area (Å²) in [5.41, 5.74) is 3.63. The van der Waals surface area contributed by atoms with Crippen molar-refractivity contribution in [3.05, 3.63) is 78.4 Å². The van der Waals surface area contributed by atoms with Crippen molar-refractivity contribution < 1.29 is 17.9 Å². The molecule has 216 valence electrons. The van der Waals surface area contributed by atoms with Crippen molar-refractivity contribution in [3.63, 3.8) is 0 Å². The summed E-state index contributed by atoms with van der Waals surface area (Å²) in [6.07, 6.45) is 2.81. The van der Waals surface area contributed by atoms with E-state index in [0.717, 1.165) is 48.1 Å². The molecule has 8 nitrogen and oxygen atoms in total. The molecular formula is C32H38N4O4S. The van der Waals surface area contributed by atoms with Crippen LogP contribution in [0.15, 0.2) is 77.7 Å². The number of amides is 1. The fourth-order valence-corrected chi connectivity index (χ4v) is 6.22. The van der Waals surface area contributed by atoms with Crippen molar-refractivity contribution in [3.8, 4) is 17.0 Å². The van der Waals surface area contributed by atoms with Crippen molar-refractivity contribution in [1.82, 2.24) is 15.2 Å². The first-order valence-corrected chi connectivity index (χ1v) is 15.6. The van der Waals surface area contributed by atoms with Crippen molar-refractivity contribution in [1.29, 1.82) is 0 Å². The van der Waals surface area contributed by atoms with E-state index in [1.807, 2.05) is 42.5 Å². The van der Waals surface area contributed by atoms with E-state index in [0.29, 0.717) is 23.7 Å². The Morgan fingerprint density at radius 1 is 0.976 bits per heavy atom.